The zero-order chi connectivity index (χ0) is 25.8. The van der Waals surface area contributed by atoms with Crippen LogP contribution in [0.2, 0.25) is 0 Å². The highest BCUT2D eigenvalue weighted by Crippen LogP contribution is 2.48. The molecule has 0 N–H and O–H groups in total. The van der Waals surface area contributed by atoms with Crippen LogP contribution in [-0.4, -0.2) is 7.12 Å². The van der Waals surface area contributed by atoms with Gasteiger partial charge in [-0.3, -0.25) is 0 Å². The van der Waals surface area contributed by atoms with Gasteiger partial charge in [0.25, 0.3) is 0 Å². The van der Waals surface area contributed by atoms with Crippen molar-refractivity contribution >= 4 is 12.9 Å². The van der Waals surface area contributed by atoms with Gasteiger partial charge in [-0.25, -0.2) is 26.3 Å². The molecule has 0 spiro atoms. The van der Waals surface area contributed by atoms with E-state index in [-0.39, 0.29) is 11.3 Å². The quantitative estimate of drug-likeness (QED) is 0.179. The van der Waals surface area contributed by atoms with Gasteiger partial charge in [0.15, 0.2) is 23.3 Å². The van der Waals surface area contributed by atoms with E-state index in [2.05, 4.69) is 0 Å². The van der Waals surface area contributed by atoms with Crippen LogP contribution in [0.5, 0.6) is 11.5 Å². The smallest absolute Gasteiger partial charge is 0.525 e. The molecule has 9 heteroatoms. The first-order valence-electron chi connectivity index (χ1n) is 11.4. The van der Waals surface area contributed by atoms with Crippen molar-refractivity contribution in [3.63, 3.8) is 0 Å². The summed E-state index contributed by atoms with van der Waals surface area (Å²) in [6, 6.07) is 17.1. The molecule has 0 heterocycles. The van der Waals surface area contributed by atoms with E-state index in [4.69, 9.17) is 9.31 Å². The van der Waals surface area contributed by atoms with E-state index in [0.29, 0.717) is 12.5 Å². The van der Waals surface area contributed by atoms with E-state index in [1.165, 1.54) is 0 Å². The summed E-state index contributed by atoms with van der Waals surface area (Å²) in [4.78, 5) is 0. The van der Waals surface area contributed by atoms with Crippen LogP contribution in [0.3, 0.4) is 0 Å². The van der Waals surface area contributed by atoms with Crippen LogP contribution in [-0.2, 0) is 6.42 Å². The highest BCUT2D eigenvalue weighted by molar-refractivity contribution is 6.50. The fourth-order valence-electron chi connectivity index (χ4n) is 4.93. The maximum Gasteiger partial charge on any atom is 0.610 e. The highest BCUT2D eigenvalue weighted by atomic mass is 19.2. The second-order valence-electron chi connectivity index (χ2n) is 8.76. The molecule has 4 aromatic carbocycles. The molecule has 37 heavy (non-hydrogen) atoms. The molecule has 0 bridgehead atoms. The lowest BCUT2D eigenvalue weighted by molar-refractivity contribution is 0.383. The lowest BCUT2D eigenvalue weighted by Crippen LogP contribution is -2.38. The van der Waals surface area contributed by atoms with Crippen molar-refractivity contribution in [2.45, 2.75) is 12.2 Å². The third kappa shape index (κ3) is 3.77. The van der Waals surface area contributed by atoms with Gasteiger partial charge >= 0.3 is 7.12 Å². The van der Waals surface area contributed by atoms with Gasteiger partial charge in [0.2, 0.25) is 0 Å². The third-order valence-corrected chi connectivity index (χ3v) is 6.62. The second kappa shape index (κ2) is 8.76. The van der Waals surface area contributed by atoms with Gasteiger partial charge in [0.05, 0.1) is 5.56 Å². The lowest BCUT2D eigenvalue weighted by Gasteiger charge is -2.23. The summed E-state index contributed by atoms with van der Waals surface area (Å²) in [5, 5.41) is 0. The average molecular weight is 508 g/mol. The van der Waals surface area contributed by atoms with E-state index in [9.17, 15) is 22.0 Å². The summed E-state index contributed by atoms with van der Waals surface area (Å²) in [5.74, 6) is -9.89. The number of hydrogen-bond acceptors (Lipinski definition) is 2. The Bertz CT molecular complexity index is 1600. The van der Waals surface area contributed by atoms with Crippen LogP contribution in [0.4, 0.5) is 26.3 Å². The van der Waals surface area contributed by atoms with Crippen LogP contribution < -0.4 is 9.31 Å². The van der Waals surface area contributed by atoms with E-state index >= 15 is 4.39 Å². The minimum Gasteiger partial charge on any atom is -0.525 e. The molecular weight excluding hydrogens is 493 g/mol. The van der Waals surface area contributed by atoms with Gasteiger partial charge in [0, 0.05) is 18.1 Å². The normalized spacial score (nSPS) is 15.4. The monoisotopic (exact) mass is 508 g/mol. The summed E-state index contributed by atoms with van der Waals surface area (Å²) in [6.07, 6.45) is 0.479. The van der Waals surface area contributed by atoms with Crippen LogP contribution in [0.15, 0.2) is 78.6 Å². The molecule has 1 unspecified atom stereocenters. The number of benzene rings is 4. The molecule has 0 fully saturated rings. The van der Waals surface area contributed by atoms with Gasteiger partial charge in [-0.05, 0) is 46.5 Å². The molecule has 0 amide bonds. The summed E-state index contributed by atoms with van der Waals surface area (Å²) in [7, 11) is -1.76. The molecule has 1 atom stereocenters. The second-order valence-corrected chi connectivity index (χ2v) is 8.76. The number of halogens is 6. The summed E-state index contributed by atoms with van der Waals surface area (Å²) < 4.78 is 98.1. The van der Waals surface area contributed by atoms with Crippen molar-refractivity contribution < 1.29 is 35.7 Å². The summed E-state index contributed by atoms with van der Waals surface area (Å²) in [5.41, 5.74) is 2.46. The molecule has 0 radical (unpaired) electrons. The maximum absolute atomic E-state index is 15.3. The van der Waals surface area contributed by atoms with Crippen LogP contribution in [0, 0.1) is 23.3 Å². The van der Waals surface area contributed by atoms with Gasteiger partial charge in [-0.2, -0.15) is 0 Å². The molecule has 0 saturated carbocycles. The van der Waals surface area contributed by atoms with E-state index in [1.807, 2.05) is 30.3 Å². The first kappa shape index (κ1) is 23.3. The Morgan fingerprint density at radius 3 is 2.27 bits per heavy atom. The third-order valence-electron chi connectivity index (χ3n) is 6.62. The fourth-order valence-corrected chi connectivity index (χ4v) is 4.93. The molecule has 4 aromatic rings. The minimum absolute atomic E-state index is 0.255. The first-order valence-corrected chi connectivity index (χ1v) is 11.4. The predicted octanol–water partition coefficient (Wildman–Crippen LogP) is 7.70. The molecule has 0 saturated heterocycles. The zero-order valence-corrected chi connectivity index (χ0v) is 18.9. The summed E-state index contributed by atoms with van der Waals surface area (Å²) in [6.45, 7) is 0. The van der Waals surface area contributed by atoms with Crippen molar-refractivity contribution in [3.8, 4) is 22.6 Å². The van der Waals surface area contributed by atoms with Gasteiger partial charge in [-0.15, -0.1) is 0 Å². The van der Waals surface area contributed by atoms with Crippen molar-refractivity contribution in [1.82, 2.24) is 0 Å². The van der Waals surface area contributed by atoms with Crippen molar-refractivity contribution in [3.05, 3.63) is 124 Å². The Morgan fingerprint density at radius 2 is 1.46 bits per heavy atom. The average Bonchev–Trinajstić information content (AvgIpc) is 3.38. The van der Waals surface area contributed by atoms with E-state index in [0.717, 1.165) is 46.5 Å². The molecule has 2 aliphatic rings. The first-order chi connectivity index (χ1) is 17.8. The van der Waals surface area contributed by atoms with Crippen LogP contribution in [0.1, 0.15) is 28.1 Å². The fraction of sp³-hybridized carbons (Fsp3) is 0.0714. The molecule has 0 aromatic heterocycles. The Labute approximate surface area is 207 Å². The topological polar surface area (TPSA) is 18.5 Å². The van der Waals surface area contributed by atoms with Crippen LogP contribution in [0.25, 0.3) is 17.0 Å². The summed E-state index contributed by atoms with van der Waals surface area (Å²) >= 11 is 0. The number of allylic oxidation sites excluding steroid dienone is 1. The zero-order valence-electron chi connectivity index (χ0n) is 18.9. The SMILES string of the molecule is FC1=C(F)C(B(Oc2ccc(F)cc2F)Oc2cccc3c2Cc2ccccc2-3)c2ccc(F)c(F)c21. The van der Waals surface area contributed by atoms with Gasteiger partial charge in [0.1, 0.15) is 29.0 Å². The molecule has 2 nitrogen and oxygen atoms in total. The van der Waals surface area contributed by atoms with Gasteiger partial charge < -0.3 is 9.31 Å². The Balaban J connectivity index is 1.46. The molecule has 0 aliphatic heterocycles. The number of fused-ring (bicyclic) bond motifs is 4. The Kier molecular flexibility index (Phi) is 5.51. The van der Waals surface area contributed by atoms with Gasteiger partial charge in [-0.1, -0.05) is 42.5 Å². The number of hydrogen-bond donors (Lipinski definition) is 0. The Morgan fingerprint density at radius 1 is 0.703 bits per heavy atom. The van der Waals surface area contributed by atoms with E-state index in [1.54, 1.807) is 12.1 Å². The largest absolute Gasteiger partial charge is 0.610 e. The molecule has 184 valence electrons. The molecule has 6 rings (SSSR count). The van der Waals surface area contributed by atoms with Crippen LogP contribution >= 0.6 is 0 Å². The Hall–Kier alpha value is -4.14. The highest BCUT2D eigenvalue weighted by Gasteiger charge is 2.49. The molecule has 2 aliphatic carbocycles. The number of rotatable bonds is 5. The standard InChI is InChI=1S/C28H15BF6O2/c30-15-8-11-23(21(32)13-15)37-29(25-18-9-10-20(31)26(33)24(18)27(34)28(25)35)36-22-7-3-6-17-16-5-2-1-4-14(16)12-19(17)22/h1-11,13,25H,12H2. The van der Waals surface area contributed by atoms with Crippen molar-refractivity contribution in [2.75, 3.05) is 0 Å². The predicted molar refractivity (Wildman–Crippen MR) is 126 cm³/mol. The van der Waals surface area contributed by atoms with E-state index < -0.39 is 59.2 Å². The minimum atomic E-state index is -1.76. The van der Waals surface area contributed by atoms with Crippen molar-refractivity contribution in [1.29, 1.82) is 0 Å². The molecular formula is C28H15BF6O2. The maximum atomic E-state index is 15.3. The van der Waals surface area contributed by atoms with Crippen molar-refractivity contribution in [2.24, 2.45) is 0 Å². The lowest BCUT2D eigenvalue weighted by atomic mass is 9.68.